The number of nitrogens with one attached hydrogen (secondary N) is 1. The number of quaternary nitrogens is 1. The molecule has 1 aromatic carbocycles. The van der Waals surface area contributed by atoms with Gasteiger partial charge in [0.1, 0.15) is 12.3 Å². The third-order valence-corrected chi connectivity index (χ3v) is 5.49. The van der Waals surface area contributed by atoms with E-state index in [9.17, 15) is 8.42 Å². The van der Waals surface area contributed by atoms with Crippen molar-refractivity contribution in [2.75, 3.05) is 39.5 Å². The van der Waals surface area contributed by atoms with E-state index in [1.54, 1.807) is 11.4 Å². The van der Waals surface area contributed by atoms with Crippen molar-refractivity contribution in [3.05, 3.63) is 28.2 Å². The van der Waals surface area contributed by atoms with Crippen molar-refractivity contribution >= 4 is 26.0 Å². The number of piperazine rings is 1. The van der Waals surface area contributed by atoms with Crippen LogP contribution in [0.2, 0.25) is 0 Å². The smallest absolute Gasteiger partial charge is 0.211 e. The van der Waals surface area contributed by atoms with Crippen LogP contribution in [0.5, 0.6) is 5.75 Å². The zero-order valence-electron chi connectivity index (χ0n) is 11.7. The number of nitrogens with zero attached hydrogens (tertiary/aromatic N) is 1. The summed E-state index contributed by atoms with van der Waals surface area (Å²) in [5.74, 6) is 0.825. The quantitative estimate of drug-likeness (QED) is 0.826. The summed E-state index contributed by atoms with van der Waals surface area (Å²) in [6, 6.07) is 6.07. The summed E-state index contributed by atoms with van der Waals surface area (Å²) < 4.78 is 30.6. The first-order valence-electron chi connectivity index (χ1n) is 6.51. The Morgan fingerprint density at radius 1 is 1.35 bits per heavy atom. The fourth-order valence-corrected chi connectivity index (χ4v) is 3.85. The topological polar surface area (TPSA) is 51.1 Å². The highest BCUT2D eigenvalue weighted by atomic mass is 79.9. The van der Waals surface area contributed by atoms with Crippen LogP contribution in [0.1, 0.15) is 5.56 Å². The second kappa shape index (κ2) is 6.43. The Balaban J connectivity index is 1.94. The summed E-state index contributed by atoms with van der Waals surface area (Å²) >= 11 is 3.49. The van der Waals surface area contributed by atoms with Crippen molar-refractivity contribution in [3.8, 4) is 5.75 Å². The molecule has 0 bridgehead atoms. The Morgan fingerprint density at radius 2 is 2.00 bits per heavy atom. The molecular weight excluding hydrogens is 344 g/mol. The standard InChI is InChI=1S/C13H19BrN2O3S/c1-19-13-4-3-11(9-12(13)14)10-15-5-7-16(8-6-15)20(2,17)18/h3-4,9H,5-8,10H2,1-2H3/p+1. The number of hydrogen-bond acceptors (Lipinski definition) is 3. The molecule has 0 unspecified atom stereocenters. The normalized spacial score (nSPS) is 18.1. The number of ether oxygens (including phenoxy) is 1. The second-order valence-corrected chi connectivity index (χ2v) is 7.89. The Kier molecular flexibility index (Phi) is 5.06. The van der Waals surface area contributed by atoms with Crippen LogP contribution < -0.4 is 9.64 Å². The first-order chi connectivity index (χ1) is 9.40. The molecule has 0 spiro atoms. The largest absolute Gasteiger partial charge is 0.496 e. The van der Waals surface area contributed by atoms with Crippen LogP contribution in [-0.4, -0.2) is 52.3 Å². The number of benzene rings is 1. The Bertz CT molecular complexity index is 569. The van der Waals surface area contributed by atoms with E-state index in [4.69, 9.17) is 4.74 Å². The summed E-state index contributed by atoms with van der Waals surface area (Å²) in [5, 5.41) is 0. The number of sulfonamides is 1. The zero-order chi connectivity index (χ0) is 14.8. The van der Waals surface area contributed by atoms with Crippen LogP contribution >= 0.6 is 15.9 Å². The summed E-state index contributed by atoms with van der Waals surface area (Å²) in [6.07, 6.45) is 1.28. The molecule has 0 radical (unpaired) electrons. The Morgan fingerprint density at radius 3 is 2.50 bits per heavy atom. The van der Waals surface area contributed by atoms with E-state index >= 15 is 0 Å². The number of rotatable bonds is 4. The van der Waals surface area contributed by atoms with E-state index in [1.807, 2.05) is 6.07 Å². The van der Waals surface area contributed by atoms with Gasteiger partial charge in [-0.25, -0.2) is 8.42 Å². The van der Waals surface area contributed by atoms with Gasteiger partial charge in [-0.15, -0.1) is 0 Å². The van der Waals surface area contributed by atoms with Crippen LogP contribution in [0.25, 0.3) is 0 Å². The monoisotopic (exact) mass is 363 g/mol. The van der Waals surface area contributed by atoms with Crippen molar-refractivity contribution < 1.29 is 18.1 Å². The van der Waals surface area contributed by atoms with Gasteiger partial charge in [-0.1, -0.05) is 0 Å². The van der Waals surface area contributed by atoms with Crippen LogP contribution in [0.3, 0.4) is 0 Å². The van der Waals surface area contributed by atoms with Gasteiger partial charge in [0.15, 0.2) is 0 Å². The third-order valence-electron chi connectivity index (χ3n) is 3.57. The minimum atomic E-state index is -3.04. The molecule has 1 saturated heterocycles. The van der Waals surface area contributed by atoms with Crippen molar-refractivity contribution in [1.82, 2.24) is 4.31 Å². The molecule has 7 heteroatoms. The number of methoxy groups -OCH3 is 1. The van der Waals surface area contributed by atoms with E-state index < -0.39 is 10.0 Å². The Labute approximate surface area is 128 Å². The fourth-order valence-electron chi connectivity index (χ4n) is 2.42. The van der Waals surface area contributed by atoms with Crippen LogP contribution in [0, 0.1) is 0 Å². The lowest BCUT2D eigenvalue weighted by Crippen LogP contribution is -3.13. The van der Waals surface area contributed by atoms with E-state index in [-0.39, 0.29) is 0 Å². The lowest BCUT2D eigenvalue weighted by Gasteiger charge is -2.30. The SMILES string of the molecule is COc1ccc(C[NH+]2CCN(S(C)(=O)=O)CC2)cc1Br. The third kappa shape index (κ3) is 3.94. The minimum Gasteiger partial charge on any atom is -0.496 e. The van der Waals surface area contributed by atoms with Crippen molar-refractivity contribution in [1.29, 1.82) is 0 Å². The molecular formula is C13H20BrN2O3S+. The average Bonchev–Trinajstić information content (AvgIpc) is 2.38. The summed E-state index contributed by atoms with van der Waals surface area (Å²) in [4.78, 5) is 1.40. The predicted molar refractivity (Wildman–Crippen MR) is 81.5 cm³/mol. The van der Waals surface area contributed by atoms with Gasteiger partial charge in [-0.2, -0.15) is 4.31 Å². The molecule has 0 atom stereocenters. The van der Waals surface area contributed by atoms with Gasteiger partial charge in [-0.3, -0.25) is 0 Å². The van der Waals surface area contributed by atoms with Gasteiger partial charge in [0.05, 0.1) is 44.0 Å². The summed E-state index contributed by atoms with van der Waals surface area (Å²) in [7, 11) is -1.39. The van der Waals surface area contributed by atoms with E-state index in [1.165, 1.54) is 16.7 Å². The first-order valence-corrected chi connectivity index (χ1v) is 9.15. The maximum absolute atomic E-state index is 11.5. The van der Waals surface area contributed by atoms with Crippen molar-refractivity contribution in [2.24, 2.45) is 0 Å². The molecule has 0 aliphatic carbocycles. The highest BCUT2D eigenvalue weighted by Gasteiger charge is 2.25. The zero-order valence-corrected chi connectivity index (χ0v) is 14.1. The predicted octanol–water partition coefficient (Wildman–Crippen LogP) is 0.118. The molecule has 1 heterocycles. The minimum absolute atomic E-state index is 0.603. The summed E-state index contributed by atoms with van der Waals surface area (Å²) in [6.45, 7) is 3.80. The molecule has 1 aliphatic heterocycles. The van der Waals surface area contributed by atoms with Crippen LogP contribution in [-0.2, 0) is 16.6 Å². The summed E-state index contributed by atoms with van der Waals surface area (Å²) in [5.41, 5.74) is 1.22. The highest BCUT2D eigenvalue weighted by molar-refractivity contribution is 9.10. The molecule has 0 saturated carbocycles. The van der Waals surface area contributed by atoms with Gasteiger partial charge < -0.3 is 9.64 Å². The molecule has 1 aromatic rings. The van der Waals surface area contributed by atoms with Gasteiger partial charge >= 0.3 is 0 Å². The maximum atomic E-state index is 11.5. The first kappa shape index (κ1) is 15.8. The molecule has 1 aliphatic rings. The number of hydrogen-bond donors (Lipinski definition) is 1. The highest BCUT2D eigenvalue weighted by Crippen LogP contribution is 2.25. The van der Waals surface area contributed by atoms with Crippen molar-refractivity contribution in [2.45, 2.75) is 6.54 Å². The molecule has 20 heavy (non-hydrogen) atoms. The molecule has 0 amide bonds. The van der Waals surface area contributed by atoms with Gasteiger partial charge in [0.2, 0.25) is 10.0 Å². The average molecular weight is 364 g/mol. The Hall–Kier alpha value is -0.630. The van der Waals surface area contributed by atoms with Crippen LogP contribution in [0.15, 0.2) is 22.7 Å². The van der Waals surface area contributed by atoms with Gasteiger partial charge in [0.25, 0.3) is 0 Å². The lowest BCUT2D eigenvalue weighted by atomic mass is 10.2. The lowest BCUT2D eigenvalue weighted by molar-refractivity contribution is -0.917. The van der Waals surface area contributed by atoms with E-state index in [2.05, 4.69) is 28.1 Å². The van der Waals surface area contributed by atoms with E-state index in [0.29, 0.717) is 13.1 Å². The molecule has 112 valence electrons. The fraction of sp³-hybridized carbons (Fsp3) is 0.538. The second-order valence-electron chi connectivity index (χ2n) is 5.06. The molecule has 1 fully saturated rings. The van der Waals surface area contributed by atoms with Crippen molar-refractivity contribution in [3.63, 3.8) is 0 Å². The van der Waals surface area contributed by atoms with Gasteiger partial charge in [-0.05, 0) is 34.1 Å². The maximum Gasteiger partial charge on any atom is 0.211 e. The molecule has 2 rings (SSSR count). The van der Waals surface area contributed by atoms with Gasteiger partial charge in [0, 0.05) is 5.56 Å². The van der Waals surface area contributed by atoms with Crippen LogP contribution in [0.4, 0.5) is 0 Å². The molecule has 0 aromatic heterocycles. The molecule has 5 nitrogen and oxygen atoms in total. The number of halogens is 1. The molecule has 1 N–H and O–H groups in total. The van der Waals surface area contributed by atoms with E-state index in [0.717, 1.165) is 29.9 Å².